The summed E-state index contributed by atoms with van der Waals surface area (Å²) in [5.74, 6) is 0. The van der Waals surface area contributed by atoms with Crippen molar-refractivity contribution >= 4 is 0 Å². The minimum atomic E-state index is 0.432. The van der Waals surface area contributed by atoms with Crippen molar-refractivity contribution in [2.75, 3.05) is 7.05 Å². The highest BCUT2D eigenvalue weighted by Crippen LogP contribution is 2.30. The van der Waals surface area contributed by atoms with Crippen molar-refractivity contribution < 1.29 is 0 Å². The Morgan fingerprint density at radius 1 is 1.29 bits per heavy atom. The number of aryl methyl sites for hydroxylation is 1. The average Bonchev–Trinajstić information content (AvgIpc) is 2.83. The maximum absolute atomic E-state index is 4.54. The molecule has 0 radical (unpaired) electrons. The fraction of sp³-hybridized carbons (Fsp3) is 0.357. The molecule has 0 amide bonds. The second kappa shape index (κ2) is 4.34. The zero-order valence-corrected chi connectivity index (χ0v) is 10.1. The monoisotopic (exact) mass is 227 g/mol. The van der Waals surface area contributed by atoms with Crippen molar-refractivity contribution in [2.24, 2.45) is 0 Å². The van der Waals surface area contributed by atoms with Crippen LogP contribution in [0.25, 0.3) is 5.69 Å². The van der Waals surface area contributed by atoms with Crippen molar-refractivity contribution in [3.8, 4) is 5.69 Å². The molecule has 0 saturated carbocycles. The van der Waals surface area contributed by atoms with Crippen LogP contribution >= 0.6 is 0 Å². The van der Waals surface area contributed by atoms with Crippen LogP contribution in [0.4, 0.5) is 0 Å². The zero-order chi connectivity index (χ0) is 11.7. The smallest absolute Gasteiger partial charge is 0.0649 e. The van der Waals surface area contributed by atoms with Crippen molar-refractivity contribution in [3.63, 3.8) is 0 Å². The van der Waals surface area contributed by atoms with Gasteiger partial charge in [-0.1, -0.05) is 18.2 Å². The topological polar surface area (TPSA) is 29.9 Å². The number of nitrogens with one attached hydrogen (secondary N) is 1. The molecule has 1 atom stereocenters. The van der Waals surface area contributed by atoms with Gasteiger partial charge in [0.15, 0.2) is 0 Å². The van der Waals surface area contributed by atoms with Crippen LogP contribution in [0.2, 0.25) is 0 Å². The Balaban J connectivity index is 2.10. The lowest BCUT2D eigenvalue weighted by molar-refractivity contribution is 0.474. The predicted octanol–water partition coefficient (Wildman–Crippen LogP) is 2.47. The van der Waals surface area contributed by atoms with E-state index in [4.69, 9.17) is 0 Å². The molecule has 1 unspecified atom stereocenters. The second-order valence-electron chi connectivity index (χ2n) is 4.54. The van der Waals surface area contributed by atoms with Crippen molar-refractivity contribution in [3.05, 3.63) is 47.8 Å². The molecule has 0 bridgehead atoms. The highest BCUT2D eigenvalue weighted by Gasteiger charge is 2.24. The van der Waals surface area contributed by atoms with E-state index < -0.39 is 0 Å². The molecule has 17 heavy (non-hydrogen) atoms. The van der Waals surface area contributed by atoms with Crippen LogP contribution in [0.3, 0.4) is 0 Å². The van der Waals surface area contributed by atoms with E-state index in [1.807, 2.05) is 19.3 Å². The number of fused-ring (bicyclic) bond motifs is 1. The lowest BCUT2D eigenvalue weighted by atomic mass is 9.93. The van der Waals surface area contributed by atoms with Gasteiger partial charge in [-0.25, -0.2) is 4.68 Å². The molecule has 0 spiro atoms. The van der Waals surface area contributed by atoms with Crippen LogP contribution in [-0.2, 0) is 6.42 Å². The molecule has 1 aliphatic rings. The van der Waals surface area contributed by atoms with Crippen LogP contribution < -0.4 is 5.32 Å². The van der Waals surface area contributed by atoms with Gasteiger partial charge in [0.1, 0.15) is 0 Å². The normalized spacial score (nSPS) is 19.0. The van der Waals surface area contributed by atoms with E-state index >= 15 is 0 Å². The Labute approximate surface area is 101 Å². The summed E-state index contributed by atoms with van der Waals surface area (Å²) in [6, 6.07) is 10.8. The third kappa shape index (κ3) is 1.76. The molecule has 1 aromatic carbocycles. The summed E-state index contributed by atoms with van der Waals surface area (Å²) in [6.45, 7) is 0. The van der Waals surface area contributed by atoms with Crippen molar-refractivity contribution in [2.45, 2.75) is 25.3 Å². The fourth-order valence-corrected chi connectivity index (χ4v) is 2.65. The molecule has 0 saturated heterocycles. The van der Waals surface area contributed by atoms with Gasteiger partial charge in [-0.2, -0.15) is 5.10 Å². The lowest BCUT2D eigenvalue weighted by Crippen LogP contribution is -2.24. The molecule has 3 rings (SSSR count). The van der Waals surface area contributed by atoms with E-state index in [0.717, 1.165) is 12.1 Å². The van der Waals surface area contributed by atoms with Crippen molar-refractivity contribution in [1.29, 1.82) is 0 Å². The first kappa shape index (κ1) is 10.5. The molecular formula is C14H17N3. The predicted molar refractivity (Wildman–Crippen MR) is 68.3 cm³/mol. The van der Waals surface area contributed by atoms with Gasteiger partial charge in [-0.15, -0.1) is 0 Å². The third-order valence-corrected chi connectivity index (χ3v) is 3.50. The minimum absolute atomic E-state index is 0.432. The van der Waals surface area contributed by atoms with E-state index in [9.17, 15) is 0 Å². The van der Waals surface area contributed by atoms with Gasteiger partial charge in [0.05, 0.1) is 17.6 Å². The summed E-state index contributed by atoms with van der Waals surface area (Å²) >= 11 is 0. The van der Waals surface area contributed by atoms with Gasteiger partial charge in [0.2, 0.25) is 0 Å². The highest BCUT2D eigenvalue weighted by atomic mass is 15.3. The highest BCUT2D eigenvalue weighted by molar-refractivity contribution is 5.37. The van der Waals surface area contributed by atoms with Crippen LogP contribution in [0.5, 0.6) is 0 Å². The van der Waals surface area contributed by atoms with Crippen LogP contribution in [0, 0.1) is 0 Å². The molecular weight excluding hydrogens is 210 g/mol. The first-order chi connectivity index (χ1) is 8.40. The Morgan fingerprint density at radius 2 is 2.12 bits per heavy atom. The molecule has 0 aliphatic heterocycles. The number of para-hydroxylation sites is 1. The van der Waals surface area contributed by atoms with E-state index in [2.05, 4.69) is 39.4 Å². The van der Waals surface area contributed by atoms with E-state index in [1.54, 1.807) is 0 Å². The van der Waals surface area contributed by atoms with Crippen molar-refractivity contribution in [1.82, 2.24) is 15.1 Å². The number of aromatic nitrogens is 2. The van der Waals surface area contributed by atoms with Gasteiger partial charge in [0, 0.05) is 6.04 Å². The zero-order valence-electron chi connectivity index (χ0n) is 10.1. The quantitative estimate of drug-likeness (QED) is 0.854. The van der Waals surface area contributed by atoms with Crippen LogP contribution in [0.15, 0.2) is 36.5 Å². The standard InChI is InChI=1S/C14H17N3/c1-15-13-9-5-6-11-10-16-17(14(11)13)12-7-3-2-4-8-12/h2-4,7-8,10,13,15H,5-6,9H2,1H3. The van der Waals surface area contributed by atoms with Gasteiger partial charge in [-0.3, -0.25) is 0 Å². The fourth-order valence-electron chi connectivity index (χ4n) is 2.65. The van der Waals surface area contributed by atoms with Gasteiger partial charge in [-0.05, 0) is 44.0 Å². The number of hydrogen-bond donors (Lipinski definition) is 1. The number of rotatable bonds is 2. The van der Waals surface area contributed by atoms with Crippen LogP contribution in [-0.4, -0.2) is 16.8 Å². The molecule has 1 aliphatic carbocycles. The Bertz CT molecular complexity index is 501. The first-order valence-corrected chi connectivity index (χ1v) is 6.19. The maximum atomic E-state index is 4.54. The Hall–Kier alpha value is -1.61. The summed E-state index contributed by atoms with van der Waals surface area (Å²) < 4.78 is 2.08. The lowest BCUT2D eigenvalue weighted by Gasteiger charge is -2.23. The van der Waals surface area contributed by atoms with Gasteiger partial charge in [0.25, 0.3) is 0 Å². The van der Waals surface area contributed by atoms with E-state index in [0.29, 0.717) is 6.04 Å². The Kier molecular flexibility index (Phi) is 2.69. The minimum Gasteiger partial charge on any atom is -0.312 e. The molecule has 1 aromatic heterocycles. The summed E-state index contributed by atoms with van der Waals surface area (Å²) in [6.07, 6.45) is 5.62. The number of hydrogen-bond acceptors (Lipinski definition) is 2. The van der Waals surface area contributed by atoms with E-state index in [-0.39, 0.29) is 0 Å². The summed E-state index contributed by atoms with van der Waals surface area (Å²) in [4.78, 5) is 0. The molecule has 1 N–H and O–H groups in total. The largest absolute Gasteiger partial charge is 0.312 e. The Morgan fingerprint density at radius 3 is 2.88 bits per heavy atom. The molecule has 0 fully saturated rings. The third-order valence-electron chi connectivity index (χ3n) is 3.50. The number of nitrogens with zero attached hydrogens (tertiary/aromatic N) is 2. The maximum Gasteiger partial charge on any atom is 0.0649 e. The molecule has 1 heterocycles. The van der Waals surface area contributed by atoms with Gasteiger partial charge < -0.3 is 5.32 Å². The second-order valence-corrected chi connectivity index (χ2v) is 4.54. The molecule has 2 aromatic rings. The molecule has 88 valence electrons. The molecule has 3 nitrogen and oxygen atoms in total. The molecule has 3 heteroatoms. The van der Waals surface area contributed by atoms with Gasteiger partial charge >= 0.3 is 0 Å². The average molecular weight is 227 g/mol. The first-order valence-electron chi connectivity index (χ1n) is 6.19. The SMILES string of the molecule is CNC1CCCc2cnn(-c3ccccc3)c21. The number of benzene rings is 1. The summed E-state index contributed by atoms with van der Waals surface area (Å²) in [7, 11) is 2.03. The van der Waals surface area contributed by atoms with E-state index in [1.165, 1.54) is 24.1 Å². The summed E-state index contributed by atoms with van der Waals surface area (Å²) in [5, 5.41) is 7.94. The summed E-state index contributed by atoms with van der Waals surface area (Å²) in [5.41, 5.74) is 3.88. The van der Waals surface area contributed by atoms with Crippen LogP contribution in [0.1, 0.15) is 30.1 Å².